The summed E-state index contributed by atoms with van der Waals surface area (Å²) in [5, 5.41) is 3.47. The highest BCUT2D eigenvalue weighted by Gasteiger charge is 2.11. The van der Waals surface area contributed by atoms with Gasteiger partial charge in [-0.15, -0.1) is 11.6 Å². The third-order valence-electron chi connectivity index (χ3n) is 1.80. The Bertz CT molecular complexity index is 140. The number of halogens is 1. The van der Waals surface area contributed by atoms with Crippen molar-refractivity contribution in [1.82, 2.24) is 5.32 Å². The Labute approximate surface area is 67.5 Å². The molecule has 0 bridgehead atoms. The molecule has 1 aliphatic rings. The Morgan fingerprint density at radius 2 is 2.40 bits per heavy atom. The van der Waals surface area contributed by atoms with Crippen molar-refractivity contribution in [2.75, 3.05) is 13.1 Å². The van der Waals surface area contributed by atoms with Gasteiger partial charge < -0.3 is 5.32 Å². The first kappa shape index (κ1) is 8.09. The standard InChI is InChI=1S/C8H14ClN/c1-6(2)7-3-8(9)5-10-4-7/h3,6,8,10H,4-5H2,1-2H3. The van der Waals surface area contributed by atoms with Crippen molar-refractivity contribution >= 4 is 11.6 Å². The minimum atomic E-state index is 0.200. The molecule has 0 spiro atoms. The van der Waals surface area contributed by atoms with Crippen LogP contribution < -0.4 is 5.32 Å². The Kier molecular flexibility index (Phi) is 2.75. The first-order chi connectivity index (χ1) is 4.70. The summed E-state index contributed by atoms with van der Waals surface area (Å²) in [4.78, 5) is 0. The van der Waals surface area contributed by atoms with Gasteiger partial charge in [0.1, 0.15) is 0 Å². The maximum absolute atomic E-state index is 5.92. The van der Waals surface area contributed by atoms with Crippen LogP contribution in [0.25, 0.3) is 0 Å². The molecule has 58 valence electrons. The van der Waals surface area contributed by atoms with Crippen LogP contribution in [-0.2, 0) is 0 Å². The molecule has 0 fully saturated rings. The second kappa shape index (κ2) is 3.40. The molecule has 0 aromatic rings. The lowest BCUT2D eigenvalue weighted by atomic mass is 10.00. The van der Waals surface area contributed by atoms with E-state index < -0.39 is 0 Å². The summed E-state index contributed by atoms with van der Waals surface area (Å²) in [6.07, 6.45) is 2.17. The molecule has 10 heavy (non-hydrogen) atoms. The third-order valence-corrected chi connectivity index (χ3v) is 2.09. The van der Waals surface area contributed by atoms with Crippen molar-refractivity contribution < 1.29 is 0 Å². The lowest BCUT2D eigenvalue weighted by Gasteiger charge is -2.20. The molecule has 0 saturated carbocycles. The molecule has 1 aliphatic heterocycles. The first-order valence-corrected chi connectivity index (χ1v) is 4.19. The molecule has 1 heterocycles. The second-order valence-electron chi connectivity index (χ2n) is 3.04. The average Bonchev–Trinajstić information content (AvgIpc) is 1.88. The Morgan fingerprint density at radius 1 is 1.70 bits per heavy atom. The third kappa shape index (κ3) is 1.99. The molecule has 0 aromatic carbocycles. The van der Waals surface area contributed by atoms with Crippen LogP contribution in [0.15, 0.2) is 11.6 Å². The van der Waals surface area contributed by atoms with Crippen molar-refractivity contribution in [3.8, 4) is 0 Å². The molecule has 1 N–H and O–H groups in total. The zero-order valence-electron chi connectivity index (χ0n) is 6.52. The average molecular weight is 160 g/mol. The van der Waals surface area contributed by atoms with Crippen LogP contribution in [0.2, 0.25) is 0 Å². The number of hydrogen-bond acceptors (Lipinski definition) is 1. The number of hydrogen-bond donors (Lipinski definition) is 1. The van der Waals surface area contributed by atoms with Crippen molar-refractivity contribution in [2.24, 2.45) is 5.92 Å². The molecule has 0 saturated heterocycles. The van der Waals surface area contributed by atoms with Gasteiger partial charge >= 0.3 is 0 Å². The monoisotopic (exact) mass is 159 g/mol. The zero-order chi connectivity index (χ0) is 7.56. The van der Waals surface area contributed by atoms with Gasteiger partial charge in [0, 0.05) is 13.1 Å². The second-order valence-corrected chi connectivity index (χ2v) is 3.60. The molecule has 1 rings (SSSR count). The highest BCUT2D eigenvalue weighted by molar-refractivity contribution is 6.22. The molecule has 1 nitrogen and oxygen atoms in total. The predicted octanol–water partition coefficient (Wildman–Crippen LogP) is 1.78. The van der Waals surface area contributed by atoms with Gasteiger partial charge in [0.05, 0.1) is 5.38 Å². The van der Waals surface area contributed by atoms with E-state index in [9.17, 15) is 0 Å². The SMILES string of the molecule is CC(C)C1=CC(Cl)CNC1. The number of nitrogens with one attached hydrogen (secondary N) is 1. The summed E-state index contributed by atoms with van der Waals surface area (Å²) in [6.45, 7) is 6.32. The highest BCUT2D eigenvalue weighted by Crippen LogP contribution is 2.14. The van der Waals surface area contributed by atoms with Gasteiger partial charge in [-0.2, -0.15) is 0 Å². The van der Waals surface area contributed by atoms with Gasteiger partial charge in [-0.25, -0.2) is 0 Å². The Morgan fingerprint density at radius 3 is 2.80 bits per heavy atom. The highest BCUT2D eigenvalue weighted by atomic mass is 35.5. The van der Waals surface area contributed by atoms with E-state index in [0.717, 1.165) is 13.1 Å². The maximum Gasteiger partial charge on any atom is 0.0643 e. The molecule has 0 aromatic heterocycles. The topological polar surface area (TPSA) is 12.0 Å². The van der Waals surface area contributed by atoms with Gasteiger partial charge in [-0.05, 0) is 5.92 Å². The predicted molar refractivity (Wildman–Crippen MR) is 45.4 cm³/mol. The van der Waals surface area contributed by atoms with Crippen LogP contribution in [-0.4, -0.2) is 18.5 Å². The van der Waals surface area contributed by atoms with E-state index in [4.69, 9.17) is 11.6 Å². The first-order valence-electron chi connectivity index (χ1n) is 3.75. The smallest absolute Gasteiger partial charge is 0.0643 e. The van der Waals surface area contributed by atoms with E-state index in [1.807, 2.05) is 0 Å². The summed E-state index contributed by atoms with van der Waals surface area (Å²) >= 11 is 5.92. The Balaban J connectivity index is 2.57. The van der Waals surface area contributed by atoms with Crippen molar-refractivity contribution in [3.63, 3.8) is 0 Å². The van der Waals surface area contributed by atoms with Gasteiger partial charge in [-0.3, -0.25) is 0 Å². The molecule has 1 atom stereocenters. The summed E-state index contributed by atoms with van der Waals surface area (Å²) < 4.78 is 0. The van der Waals surface area contributed by atoms with Crippen LogP contribution in [0.5, 0.6) is 0 Å². The molecule has 0 radical (unpaired) electrons. The summed E-state index contributed by atoms with van der Waals surface area (Å²) in [5.41, 5.74) is 1.44. The molecular formula is C8H14ClN. The van der Waals surface area contributed by atoms with Crippen LogP contribution in [0.3, 0.4) is 0 Å². The van der Waals surface area contributed by atoms with Crippen LogP contribution in [0.1, 0.15) is 13.8 Å². The quantitative estimate of drug-likeness (QED) is 0.455. The molecule has 0 aliphatic carbocycles. The van der Waals surface area contributed by atoms with E-state index in [1.54, 1.807) is 0 Å². The van der Waals surface area contributed by atoms with E-state index >= 15 is 0 Å². The van der Waals surface area contributed by atoms with Crippen LogP contribution in [0, 0.1) is 5.92 Å². The summed E-state index contributed by atoms with van der Waals surface area (Å²) in [5.74, 6) is 0.633. The van der Waals surface area contributed by atoms with E-state index in [1.165, 1.54) is 5.57 Å². The van der Waals surface area contributed by atoms with E-state index in [2.05, 4.69) is 25.2 Å². The van der Waals surface area contributed by atoms with Crippen LogP contribution in [0.4, 0.5) is 0 Å². The van der Waals surface area contributed by atoms with Crippen molar-refractivity contribution in [2.45, 2.75) is 19.2 Å². The normalized spacial score (nSPS) is 26.8. The molecule has 1 unspecified atom stereocenters. The summed E-state index contributed by atoms with van der Waals surface area (Å²) in [7, 11) is 0. The fraction of sp³-hybridized carbons (Fsp3) is 0.750. The van der Waals surface area contributed by atoms with Crippen molar-refractivity contribution in [3.05, 3.63) is 11.6 Å². The lowest BCUT2D eigenvalue weighted by Crippen LogP contribution is -2.31. The van der Waals surface area contributed by atoms with Gasteiger partial charge in [0.15, 0.2) is 0 Å². The van der Waals surface area contributed by atoms with Crippen molar-refractivity contribution in [1.29, 1.82) is 0 Å². The van der Waals surface area contributed by atoms with E-state index in [-0.39, 0.29) is 5.38 Å². The minimum absolute atomic E-state index is 0.200. The van der Waals surface area contributed by atoms with Gasteiger partial charge in [0.25, 0.3) is 0 Å². The van der Waals surface area contributed by atoms with E-state index in [0.29, 0.717) is 5.92 Å². The number of alkyl halides is 1. The van der Waals surface area contributed by atoms with Crippen LogP contribution >= 0.6 is 11.6 Å². The summed E-state index contributed by atoms with van der Waals surface area (Å²) in [6, 6.07) is 0. The fourth-order valence-corrected chi connectivity index (χ4v) is 1.37. The molecular weight excluding hydrogens is 146 g/mol. The maximum atomic E-state index is 5.92. The lowest BCUT2D eigenvalue weighted by molar-refractivity contribution is 0.630. The van der Waals surface area contributed by atoms with Gasteiger partial charge in [-0.1, -0.05) is 25.5 Å². The largest absolute Gasteiger partial charge is 0.311 e. The van der Waals surface area contributed by atoms with Gasteiger partial charge in [0.2, 0.25) is 0 Å². The fourth-order valence-electron chi connectivity index (χ4n) is 1.10. The zero-order valence-corrected chi connectivity index (χ0v) is 7.28. The number of rotatable bonds is 1. The molecule has 0 amide bonds. The molecule has 2 heteroatoms. The Hall–Kier alpha value is -0.0100. The minimum Gasteiger partial charge on any atom is -0.311 e.